The standard InChI is InChI=1S/C15H22BrNO2/c1-18-15-11-13(5-6-14(15)16)12-19-10-9-17-7-3-2-4-8-17/h5-6,11H,2-4,7-10,12H2,1H3. The van der Waals surface area contributed by atoms with Crippen molar-refractivity contribution in [1.29, 1.82) is 0 Å². The predicted octanol–water partition coefficient (Wildman–Crippen LogP) is 3.46. The van der Waals surface area contributed by atoms with Crippen LogP contribution in [-0.2, 0) is 11.3 Å². The van der Waals surface area contributed by atoms with Crippen molar-refractivity contribution in [3.63, 3.8) is 0 Å². The van der Waals surface area contributed by atoms with E-state index in [9.17, 15) is 0 Å². The van der Waals surface area contributed by atoms with E-state index < -0.39 is 0 Å². The Morgan fingerprint density at radius 2 is 2.00 bits per heavy atom. The average Bonchev–Trinajstić information content (AvgIpc) is 2.46. The third kappa shape index (κ3) is 4.79. The number of halogens is 1. The zero-order chi connectivity index (χ0) is 13.5. The highest BCUT2D eigenvalue weighted by Gasteiger charge is 2.09. The van der Waals surface area contributed by atoms with Crippen molar-refractivity contribution in [3.8, 4) is 5.75 Å². The second kappa shape index (κ2) is 7.88. The van der Waals surface area contributed by atoms with Crippen molar-refractivity contribution in [2.75, 3.05) is 33.4 Å². The van der Waals surface area contributed by atoms with Crippen LogP contribution in [0.4, 0.5) is 0 Å². The molecule has 1 saturated heterocycles. The van der Waals surface area contributed by atoms with Crippen LogP contribution in [0.25, 0.3) is 0 Å². The van der Waals surface area contributed by atoms with Crippen molar-refractivity contribution >= 4 is 15.9 Å². The minimum atomic E-state index is 0.650. The van der Waals surface area contributed by atoms with Gasteiger partial charge in [0.15, 0.2) is 0 Å². The number of likely N-dealkylation sites (tertiary alicyclic amines) is 1. The van der Waals surface area contributed by atoms with Gasteiger partial charge in [0.2, 0.25) is 0 Å². The van der Waals surface area contributed by atoms with Crippen LogP contribution in [0.5, 0.6) is 5.75 Å². The Kier molecular flexibility index (Phi) is 6.14. The molecule has 0 saturated carbocycles. The van der Waals surface area contributed by atoms with Crippen molar-refractivity contribution in [2.45, 2.75) is 25.9 Å². The van der Waals surface area contributed by atoms with E-state index in [1.54, 1.807) is 7.11 Å². The Bertz CT molecular complexity index is 392. The number of methoxy groups -OCH3 is 1. The lowest BCUT2D eigenvalue weighted by atomic mass is 10.1. The summed E-state index contributed by atoms with van der Waals surface area (Å²) in [7, 11) is 1.68. The summed E-state index contributed by atoms with van der Waals surface area (Å²) in [6.45, 7) is 4.97. The van der Waals surface area contributed by atoms with E-state index in [1.165, 1.54) is 32.4 Å². The number of hydrogen-bond acceptors (Lipinski definition) is 3. The van der Waals surface area contributed by atoms with Crippen LogP contribution in [0.3, 0.4) is 0 Å². The summed E-state index contributed by atoms with van der Waals surface area (Å²) < 4.78 is 12.0. The first-order chi connectivity index (χ1) is 9.29. The average molecular weight is 328 g/mol. The van der Waals surface area contributed by atoms with Gasteiger partial charge >= 0.3 is 0 Å². The van der Waals surface area contributed by atoms with Gasteiger partial charge in [-0.3, -0.25) is 0 Å². The Morgan fingerprint density at radius 3 is 2.74 bits per heavy atom. The highest BCUT2D eigenvalue weighted by Crippen LogP contribution is 2.25. The van der Waals surface area contributed by atoms with Gasteiger partial charge in [-0.15, -0.1) is 0 Å². The van der Waals surface area contributed by atoms with Crippen LogP contribution in [0.15, 0.2) is 22.7 Å². The zero-order valence-electron chi connectivity index (χ0n) is 11.5. The number of ether oxygens (including phenoxy) is 2. The van der Waals surface area contributed by atoms with Crippen molar-refractivity contribution < 1.29 is 9.47 Å². The number of benzene rings is 1. The highest BCUT2D eigenvalue weighted by molar-refractivity contribution is 9.10. The van der Waals surface area contributed by atoms with Gasteiger partial charge in [-0.25, -0.2) is 0 Å². The van der Waals surface area contributed by atoms with Gasteiger partial charge in [0, 0.05) is 6.54 Å². The molecule has 1 aromatic rings. The minimum absolute atomic E-state index is 0.650. The van der Waals surface area contributed by atoms with E-state index in [0.29, 0.717) is 6.61 Å². The van der Waals surface area contributed by atoms with Gasteiger partial charge in [0.1, 0.15) is 5.75 Å². The number of rotatable bonds is 6. The molecule has 106 valence electrons. The van der Waals surface area contributed by atoms with Gasteiger partial charge < -0.3 is 14.4 Å². The third-order valence-corrected chi connectivity index (χ3v) is 4.14. The molecule has 0 aliphatic carbocycles. The fourth-order valence-corrected chi connectivity index (χ4v) is 2.77. The van der Waals surface area contributed by atoms with Crippen molar-refractivity contribution in [2.24, 2.45) is 0 Å². The summed E-state index contributed by atoms with van der Waals surface area (Å²) in [5, 5.41) is 0. The molecule has 0 bridgehead atoms. The summed E-state index contributed by atoms with van der Waals surface area (Å²) in [5.74, 6) is 0.858. The van der Waals surface area contributed by atoms with E-state index in [-0.39, 0.29) is 0 Å². The number of hydrogen-bond donors (Lipinski definition) is 0. The SMILES string of the molecule is COc1cc(COCCN2CCCCC2)ccc1Br. The molecule has 4 heteroatoms. The van der Waals surface area contributed by atoms with E-state index >= 15 is 0 Å². The van der Waals surface area contributed by atoms with E-state index in [4.69, 9.17) is 9.47 Å². The lowest BCUT2D eigenvalue weighted by Gasteiger charge is -2.26. The van der Waals surface area contributed by atoms with Crippen LogP contribution in [-0.4, -0.2) is 38.3 Å². The highest BCUT2D eigenvalue weighted by atomic mass is 79.9. The lowest BCUT2D eigenvalue weighted by Crippen LogP contribution is -2.32. The summed E-state index contributed by atoms with van der Waals surface area (Å²) in [5.41, 5.74) is 1.15. The maximum atomic E-state index is 5.75. The molecule has 1 aliphatic rings. The van der Waals surface area contributed by atoms with Crippen LogP contribution in [0.2, 0.25) is 0 Å². The topological polar surface area (TPSA) is 21.7 Å². The predicted molar refractivity (Wildman–Crippen MR) is 80.6 cm³/mol. The van der Waals surface area contributed by atoms with Crippen molar-refractivity contribution in [3.05, 3.63) is 28.2 Å². The minimum Gasteiger partial charge on any atom is -0.496 e. The second-order valence-electron chi connectivity index (χ2n) is 4.92. The van der Waals surface area contributed by atoms with Crippen LogP contribution in [0.1, 0.15) is 24.8 Å². The molecule has 2 rings (SSSR count). The fraction of sp³-hybridized carbons (Fsp3) is 0.600. The lowest BCUT2D eigenvalue weighted by molar-refractivity contribution is 0.0862. The molecular formula is C15H22BrNO2. The second-order valence-corrected chi connectivity index (χ2v) is 5.78. The smallest absolute Gasteiger partial charge is 0.133 e. The zero-order valence-corrected chi connectivity index (χ0v) is 13.1. The molecule has 1 aliphatic heterocycles. The van der Waals surface area contributed by atoms with Gasteiger partial charge in [-0.1, -0.05) is 12.5 Å². The van der Waals surface area contributed by atoms with E-state index in [2.05, 4.69) is 26.9 Å². The molecule has 0 unspecified atom stereocenters. The molecule has 0 N–H and O–H groups in total. The largest absolute Gasteiger partial charge is 0.496 e. The Morgan fingerprint density at radius 1 is 1.21 bits per heavy atom. The molecule has 0 aromatic heterocycles. The van der Waals surface area contributed by atoms with Gasteiger partial charge in [0.05, 0.1) is 24.8 Å². The summed E-state index contributed by atoms with van der Waals surface area (Å²) >= 11 is 3.45. The molecule has 3 nitrogen and oxygen atoms in total. The Hall–Kier alpha value is -0.580. The van der Waals surface area contributed by atoms with Gasteiger partial charge in [0.25, 0.3) is 0 Å². The first kappa shape index (κ1) is 14.8. The first-order valence-corrected chi connectivity index (χ1v) is 7.71. The first-order valence-electron chi connectivity index (χ1n) is 6.92. The van der Waals surface area contributed by atoms with Gasteiger partial charge in [-0.2, -0.15) is 0 Å². The summed E-state index contributed by atoms with van der Waals surface area (Å²) in [6.07, 6.45) is 4.06. The van der Waals surface area contributed by atoms with E-state index in [1.807, 2.05) is 12.1 Å². The molecule has 1 heterocycles. The molecule has 0 spiro atoms. The summed E-state index contributed by atoms with van der Waals surface area (Å²) in [6, 6.07) is 6.08. The van der Waals surface area contributed by atoms with E-state index in [0.717, 1.165) is 28.9 Å². The quantitative estimate of drug-likeness (QED) is 0.747. The Labute approximate surface area is 124 Å². The van der Waals surface area contributed by atoms with Crippen LogP contribution in [0, 0.1) is 0 Å². The summed E-state index contributed by atoms with van der Waals surface area (Å²) in [4.78, 5) is 2.49. The molecule has 0 radical (unpaired) electrons. The normalized spacial score (nSPS) is 16.5. The maximum absolute atomic E-state index is 5.75. The number of nitrogens with zero attached hydrogens (tertiary/aromatic N) is 1. The fourth-order valence-electron chi connectivity index (χ4n) is 2.36. The van der Waals surface area contributed by atoms with Crippen molar-refractivity contribution in [1.82, 2.24) is 4.90 Å². The maximum Gasteiger partial charge on any atom is 0.133 e. The van der Waals surface area contributed by atoms with Gasteiger partial charge in [-0.05, 0) is 59.6 Å². The molecule has 0 atom stereocenters. The molecular weight excluding hydrogens is 306 g/mol. The molecule has 1 aromatic carbocycles. The molecule has 0 amide bonds. The monoisotopic (exact) mass is 327 g/mol. The van der Waals surface area contributed by atoms with Crippen LogP contribution >= 0.6 is 15.9 Å². The molecule has 19 heavy (non-hydrogen) atoms. The van der Waals surface area contributed by atoms with Crippen LogP contribution < -0.4 is 4.74 Å². The third-order valence-electron chi connectivity index (χ3n) is 3.48. The Balaban J connectivity index is 1.70. The number of piperidine rings is 1. The molecule has 1 fully saturated rings.